The van der Waals surface area contributed by atoms with Gasteiger partial charge in [-0.3, -0.25) is 14.4 Å². The number of halogens is 2. The van der Waals surface area contributed by atoms with Gasteiger partial charge >= 0.3 is 5.97 Å². The minimum Gasteiger partial charge on any atom is -0.451 e. The lowest BCUT2D eigenvalue weighted by molar-refractivity contribution is -0.154. The molecule has 0 fully saturated rings. The minimum atomic E-state index is -0.963. The highest BCUT2D eigenvalue weighted by molar-refractivity contribution is 14.1. The summed E-state index contributed by atoms with van der Waals surface area (Å²) in [6.07, 6.45) is 2.12. The number of nitrogens with two attached hydrogens (primary N) is 1. The van der Waals surface area contributed by atoms with E-state index in [9.17, 15) is 14.4 Å². The maximum absolute atomic E-state index is 11.5. The molecule has 1 aromatic heterocycles. The number of amides is 1. The Morgan fingerprint density at radius 3 is 2.33 bits per heavy atom. The first-order chi connectivity index (χ1) is 8.31. The van der Waals surface area contributed by atoms with Crippen molar-refractivity contribution in [1.29, 1.82) is 0 Å². The number of rotatable bonds is 4. The molecule has 0 saturated heterocycles. The minimum absolute atomic E-state index is 0.0775. The molecule has 0 bridgehead atoms. The second-order valence-corrected chi connectivity index (χ2v) is 5.81. The normalized spacial score (nSPS) is 11.9. The van der Waals surface area contributed by atoms with Crippen molar-refractivity contribution < 1.29 is 14.3 Å². The maximum Gasteiger partial charge on any atom is 0.326 e. The van der Waals surface area contributed by atoms with E-state index in [0.717, 1.165) is 0 Å². The quantitative estimate of drug-likeness (QED) is 0.506. The van der Waals surface area contributed by atoms with Crippen LogP contribution >= 0.6 is 45.2 Å². The molecule has 0 aliphatic carbocycles. The number of primary amides is 1. The van der Waals surface area contributed by atoms with Gasteiger partial charge in [0.25, 0.3) is 5.91 Å². The number of hydrogen-bond donors (Lipinski definition) is 1. The predicted molar refractivity (Wildman–Crippen MR) is 80.9 cm³/mol. The fourth-order valence-electron chi connectivity index (χ4n) is 1.09. The second kappa shape index (κ2) is 6.50. The van der Waals surface area contributed by atoms with E-state index in [4.69, 9.17) is 10.5 Å². The Balaban J connectivity index is 2.77. The van der Waals surface area contributed by atoms with E-state index in [2.05, 4.69) is 0 Å². The van der Waals surface area contributed by atoms with Gasteiger partial charge in [-0.25, -0.2) is 0 Å². The zero-order valence-corrected chi connectivity index (χ0v) is 13.7. The highest BCUT2D eigenvalue weighted by atomic mass is 127. The van der Waals surface area contributed by atoms with Crippen molar-refractivity contribution in [2.24, 2.45) is 5.73 Å². The zero-order valence-electron chi connectivity index (χ0n) is 9.35. The Bertz CT molecular complexity index is 515. The number of carbonyl (C=O) groups is 2. The van der Waals surface area contributed by atoms with Gasteiger partial charge in [0.2, 0.25) is 5.43 Å². The summed E-state index contributed by atoms with van der Waals surface area (Å²) in [7, 11) is 0. The van der Waals surface area contributed by atoms with Gasteiger partial charge in [-0.05, 0) is 52.1 Å². The molecule has 0 spiro atoms. The van der Waals surface area contributed by atoms with Crippen molar-refractivity contribution in [2.45, 2.75) is 19.6 Å². The monoisotopic (exact) mass is 476 g/mol. The number of hydrogen-bond acceptors (Lipinski definition) is 4. The Kier molecular flexibility index (Phi) is 5.56. The predicted octanol–water partition coefficient (Wildman–Crippen LogP) is 0.475. The van der Waals surface area contributed by atoms with Crippen molar-refractivity contribution in [2.75, 3.05) is 0 Å². The molecule has 18 heavy (non-hydrogen) atoms. The molecule has 0 unspecified atom stereocenters. The van der Waals surface area contributed by atoms with Crippen LogP contribution in [0.2, 0.25) is 0 Å². The standard InChI is InChI=1S/C10H10I2N2O4/c1-5(10(13)17)18-8(15)4-14-2-6(11)9(16)7(12)3-14/h2-3,5H,4H2,1H3,(H2,13,17)/t5-/m1/s1. The lowest BCUT2D eigenvalue weighted by atomic mass is 10.4. The van der Waals surface area contributed by atoms with Gasteiger partial charge in [-0.1, -0.05) is 0 Å². The fourth-order valence-corrected chi connectivity index (χ4v) is 2.91. The Hall–Kier alpha value is -0.650. The maximum atomic E-state index is 11.5. The lowest BCUT2D eigenvalue weighted by Crippen LogP contribution is -2.31. The topological polar surface area (TPSA) is 91.4 Å². The highest BCUT2D eigenvalue weighted by Gasteiger charge is 2.15. The van der Waals surface area contributed by atoms with E-state index in [1.54, 1.807) is 12.4 Å². The summed E-state index contributed by atoms with van der Waals surface area (Å²) >= 11 is 3.79. The van der Waals surface area contributed by atoms with Gasteiger partial charge in [-0.2, -0.15) is 0 Å². The van der Waals surface area contributed by atoms with Gasteiger partial charge in [0.05, 0.1) is 7.14 Å². The molecule has 0 radical (unpaired) electrons. The number of ether oxygens (including phenoxy) is 1. The van der Waals surface area contributed by atoms with E-state index >= 15 is 0 Å². The Morgan fingerprint density at radius 1 is 1.39 bits per heavy atom. The molecule has 0 aromatic carbocycles. The molecule has 0 aliphatic rings. The summed E-state index contributed by atoms with van der Waals surface area (Å²) in [5.41, 5.74) is 4.90. The number of aromatic nitrogens is 1. The summed E-state index contributed by atoms with van der Waals surface area (Å²) in [4.78, 5) is 33.7. The van der Waals surface area contributed by atoms with E-state index in [1.807, 2.05) is 45.2 Å². The number of nitrogens with zero attached hydrogens (tertiary/aromatic N) is 1. The molecule has 8 heteroatoms. The Labute approximate surface area is 130 Å². The van der Waals surface area contributed by atoms with Crippen LogP contribution in [-0.4, -0.2) is 22.5 Å². The van der Waals surface area contributed by atoms with Crippen molar-refractivity contribution in [3.05, 3.63) is 29.8 Å². The SMILES string of the molecule is C[C@@H](OC(=O)Cn1cc(I)c(=O)c(I)c1)C(N)=O. The lowest BCUT2D eigenvalue weighted by Gasteiger charge is -2.11. The number of esters is 1. The van der Waals surface area contributed by atoms with Crippen LogP contribution in [-0.2, 0) is 20.9 Å². The van der Waals surface area contributed by atoms with Crippen LogP contribution < -0.4 is 11.2 Å². The van der Waals surface area contributed by atoms with E-state index in [1.165, 1.54) is 11.5 Å². The van der Waals surface area contributed by atoms with Gasteiger partial charge < -0.3 is 15.0 Å². The van der Waals surface area contributed by atoms with E-state index in [0.29, 0.717) is 7.14 Å². The molecular formula is C10H10I2N2O4. The van der Waals surface area contributed by atoms with Gasteiger partial charge in [-0.15, -0.1) is 0 Å². The number of carbonyl (C=O) groups excluding carboxylic acids is 2. The van der Waals surface area contributed by atoms with Crippen LogP contribution in [0.4, 0.5) is 0 Å². The van der Waals surface area contributed by atoms with E-state index < -0.39 is 18.0 Å². The smallest absolute Gasteiger partial charge is 0.326 e. The van der Waals surface area contributed by atoms with Gasteiger partial charge in [0.1, 0.15) is 6.54 Å². The first kappa shape index (κ1) is 15.4. The summed E-state index contributed by atoms with van der Waals surface area (Å²) in [6.45, 7) is 1.32. The third-order valence-corrected chi connectivity index (χ3v) is 3.55. The molecule has 0 aliphatic heterocycles. The van der Waals surface area contributed by atoms with Crippen LogP contribution in [0.1, 0.15) is 6.92 Å². The fraction of sp³-hybridized carbons (Fsp3) is 0.300. The van der Waals surface area contributed by atoms with Crippen LogP contribution in [0.15, 0.2) is 17.2 Å². The first-order valence-corrected chi connectivity index (χ1v) is 7.01. The summed E-state index contributed by atoms with van der Waals surface area (Å²) in [5.74, 6) is -1.29. The molecule has 6 nitrogen and oxygen atoms in total. The van der Waals surface area contributed by atoms with Crippen molar-refractivity contribution in [3.8, 4) is 0 Å². The number of pyridine rings is 1. The molecule has 2 N–H and O–H groups in total. The molecular weight excluding hydrogens is 466 g/mol. The van der Waals surface area contributed by atoms with Crippen molar-refractivity contribution >= 4 is 57.1 Å². The van der Waals surface area contributed by atoms with E-state index in [-0.39, 0.29) is 12.0 Å². The van der Waals surface area contributed by atoms with Crippen LogP contribution in [0.25, 0.3) is 0 Å². The molecule has 1 amide bonds. The molecule has 1 heterocycles. The molecule has 0 saturated carbocycles. The second-order valence-electron chi connectivity index (χ2n) is 3.49. The van der Waals surface area contributed by atoms with Crippen molar-refractivity contribution in [3.63, 3.8) is 0 Å². The average molecular weight is 476 g/mol. The van der Waals surface area contributed by atoms with Gasteiger partial charge in [0.15, 0.2) is 6.10 Å². The molecule has 98 valence electrons. The molecule has 1 atom stereocenters. The molecule has 1 aromatic rings. The highest BCUT2D eigenvalue weighted by Crippen LogP contribution is 2.04. The van der Waals surface area contributed by atoms with Crippen molar-refractivity contribution in [1.82, 2.24) is 4.57 Å². The summed E-state index contributed by atoms with van der Waals surface area (Å²) in [6, 6.07) is 0. The van der Waals surface area contributed by atoms with Gasteiger partial charge in [0, 0.05) is 12.4 Å². The zero-order chi connectivity index (χ0) is 13.9. The first-order valence-electron chi connectivity index (χ1n) is 4.85. The third kappa shape index (κ3) is 4.23. The summed E-state index contributed by atoms with van der Waals surface area (Å²) < 4.78 is 7.36. The largest absolute Gasteiger partial charge is 0.451 e. The Morgan fingerprint density at radius 2 is 1.89 bits per heavy atom. The average Bonchev–Trinajstić information content (AvgIpc) is 2.25. The summed E-state index contributed by atoms with van der Waals surface area (Å²) in [5, 5.41) is 0. The van der Waals surface area contributed by atoms with Crippen LogP contribution in [0.5, 0.6) is 0 Å². The van der Waals surface area contributed by atoms with Crippen LogP contribution in [0, 0.1) is 7.14 Å². The molecule has 1 rings (SSSR count). The van der Waals surface area contributed by atoms with Crippen LogP contribution in [0.3, 0.4) is 0 Å². The third-order valence-electron chi connectivity index (χ3n) is 2.01.